The van der Waals surface area contributed by atoms with Gasteiger partial charge in [-0.1, -0.05) is 0 Å². The van der Waals surface area contributed by atoms with Crippen LogP contribution in [0.25, 0.3) is 6.08 Å². The number of anilines is 1. The number of nitrogens with one attached hydrogen (secondary N) is 1. The van der Waals surface area contributed by atoms with Gasteiger partial charge in [0.25, 0.3) is 0 Å². The lowest BCUT2D eigenvalue weighted by Crippen LogP contribution is -2.36. The Kier molecular flexibility index (Phi) is 4.18. The first kappa shape index (κ1) is 15.0. The van der Waals surface area contributed by atoms with Gasteiger partial charge in [-0.15, -0.1) is 0 Å². The van der Waals surface area contributed by atoms with Gasteiger partial charge in [-0.3, -0.25) is 19.3 Å². The summed E-state index contributed by atoms with van der Waals surface area (Å²) in [5, 5.41) is 6.92. The second-order valence-electron chi connectivity index (χ2n) is 5.40. The van der Waals surface area contributed by atoms with Crippen molar-refractivity contribution in [1.82, 2.24) is 20.1 Å². The number of rotatable bonds is 4. The maximum absolute atomic E-state index is 12.1. The SMILES string of the molecule is Cn1cc(N2CC(NC(=O)/C=C/c3ccncc3)CC2=O)cn1. The fourth-order valence-corrected chi connectivity index (χ4v) is 2.50. The Labute approximate surface area is 133 Å². The van der Waals surface area contributed by atoms with Crippen molar-refractivity contribution in [2.45, 2.75) is 12.5 Å². The third-order valence-electron chi connectivity index (χ3n) is 3.61. The summed E-state index contributed by atoms with van der Waals surface area (Å²) < 4.78 is 1.64. The zero-order chi connectivity index (χ0) is 16.2. The van der Waals surface area contributed by atoms with Gasteiger partial charge in [-0.25, -0.2) is 0 Å². The number of hydrogen-bond acceptors (Lipinski definition) is 4. The van der Waals surface area contributed by atoms with E-state index in [0.717, 1.165) is 11.3 Å². The third-order valence-corrected chi connectivity index (χ3v) is 3.61. The highest BCUT2D eigenvalue weighted by atomic mass is 16.2. The van der Waals surface area contributed by atoms with Gasteiger partial charge >= 0.3 is 0 Å². The summed E-state index contributed by atoms with van der Waals surface area (Å²) in [7, 11) is 1.80. The van der Waals surface area contributed by atoms with Crippen molar-refractivity contribution in [2.24, 2.45) is 7.05 Å². The van der Waals surface area contributed by atoms with Crippen molar-refractivity contribution in [2.75, 3.05) is 11.4 Å². The Bertz CT molecular complexity index is 738. The quantitative estimate of drug-likeness (QED) is 0.845. The molecule has 2 aromatic heterocycles. The molecule has 1 atom stereocenters. The van der Waals surface area contributed by atoms with E-state index in [1.807, 2.05) is 12.1 Å². The standard InChI is InChI=1S/C16H17N5O2/c1-20-11-14(9-18-20)21-10-13(8-16(21)23)19-15(22)3-2-12-4-6-17-7-5-12/h2-7,9,11,13H,8,10H2,1H3,(H,19,22)/b3-2+. The first-order valence-corrected chi connectivity index (χ1v) is 7.29. The van der Waals surface area contributed by atoms with Gasteiger partial charge in [-0.2, -0.15) is 5.10 Å². The van der Waals surface area contributed by atoms with Crippen molar-refractivity contribution in [3.05, 3.63) is 48.6 Å². The fraction of sp³-hybridized carbons (Fsp3) is 0.250. The van der Waals surface area contributed by atoms with Crippen LogP contribution in [-0.4, -0.2) is 39.2 Å². The number of carbonyl (C=O) groups is 2. The number of hydrogen-bond donors (Lipinski definition) is 1. The molecule has 2 aromatic rings. The lowest BCUT2D eigenvalue weighted by Gasteiger charge is -2.14. The van der Waals surface area contributed by atoms with Crippen LogP contribution in [0.1, 0.15) is 12.0 Å². The van der Waals surface area contributed by atoms with Crippen molar-refractivity contribution < 1.29 is 9.59 Å². The molecule has 3 rings (SSSR count). The normalized spacial score (nSPS) is 17.9. The van der Waals surface area contributed by atoms with E-state index >= 15 is 0 Å². The predicted octanol–water partition coefficient (Wildman–Crippen LogP) is 0.750. The molecule has 0 radical (unpaired) electrons. The van der Waals surface area contributed by atoms with Gasteiger partial charge in [0.2, 0.25) is 11.8 Å². The van der Waals surface area contributed by atoms with Crippen molar-refractivity contribution in [3.63, 3.8) is 0 Å². The average Bonchev–Trinajstić information content (AvgIpc) is 3.12. The number of aromatic nitrogens is 3. The van der Waals surface area contributed by atoms with E-state index in [-0.39, 0.29) is 17.9 Å². The molecule has 0 spiro atoms. The molecule has 0 aromatic carbocycles. The van der Waals surface area contributed by atoms with Gasteiger partial charge in [0, 0.05) is 44.7 Å². The fourth-order valence-electron chi connectivity index (χ4n) is 2.50. The second kappa shape index (κ2) is 6.43. The molecule has 1 saturated heterocycles. The summed E-state index contributed by atoms with van der Waals surface area (Å²) in [6, 6.07) is 3.43. The Morgan fingerprint density at radius 1 is 1.39 bits per heavy atom. The van der Waals surface area contributed by atoms with E-state index in [0.29, 0.717) is 13.0 Å². The van der Waals surface area contributed by atoms with Crippen LogP contribution in [0.2, 0.25) is 0 Å². The van der Waals surface area contributed by atoms with Gasteiger partial charge in [0.15, 0.2) is 0 Å². The molecule has 1 aliphatic rings. The van der Waals surface area contributed by atoms with Gasteiger partial charge in [-0.05, 0) is 23.8 Å². The van der Waals surface area contributed by atoms with E-state index < -0.39 is 0 Å². The zero-order valence-corrected chi connectivity index (χ0v) is 12.7. The third kappa shape index (κ3) is 3.63. The number of amides is 2. The monoisotopic (exact) mass is 311 g/mol. The Morgan fingerprint density at radius 2 is 2.17 bits per heavy atom. The van der Waals surface area contributed by atoms with Crippen LogP contribution >= 0.6 is 0 Å². The van der Waals surface area contributed by atoms with E-state index in [2.05, 4.69) is 15.4 Å². The van der Waals surface area contributed by atoms with Gasteiger partial charge < -0.3 is 10.2 Å². The van der Waals surface area contributed by atoms with E-state index in [1.165, 1.54) is 6.08 Å². The number of carbonyl (C=O) groups excluding carboxylic acids is 2. The topological polar surface area (TPSA) is 80.1 Å². The molecule has 0 saturated carbocycles. The van der Waals surface area contributed by atoms with Crippen molar-refractivity contribution >= 4 is 23.6 Å². The molecule has 2 amide bonds. The van der Waals surface area contributed by atoms with E-state index in [1.54, 1.807) is 47.5 Å². The van der Waals surface area contributed by atoms with Crippen LogP contribution in [0, 0.1) is 0 Å². The highest BCUT2D eigenvalue weighted by Gasteiger charge is 2.31. The molecule has 0 bridgehead atoms. The summed E-state index contributed by atoms with van der Waals surface area (Å²) >= 11 is 0. The lowest BCUT2D eigenvalue weighted by molar-refractivity contribution is -0.117. The summed E-state index contributed by atoms with van der Waals surface area (Å²) in [4.78, 5) is 29.6. The minimum absolute atomic E-state index is 0.0126. The van der Waals surface area contributed by atoms with E-state index in [9.17, 15) is 9.59 Å². The Balaban J connectivity index is 1.58. The summed E-state index contributed by atoms with van der Waals surface area (Å²) in [6.07, 6.45) is 10.2. The van der Waals surface area contributed by atoms with Crippen molar-refractivity contribution in [1.29, 1.82) is 0 Å². The van der Waals surface area contributed by atoms with Crippen LogP contribution in [0.3, 0.4) is 0 Å². The molecule has 1 unspecified atom stereocenters. The van der Waals surface area contributed by atoms with Crippen LogP contribution < -0.4 is 10.2 Å². The van der Waals surface area contributed by atoms with Gasteiger partial charge in [0.1, 0.15) is 0 Å². The highest BCUT2D eigenvalue weighted by Crippen LogP contribution is 2.20. The maximum atomic E-state index is 12.1. The molecule has 1 N–H and O–H groups in total. The number of pyridine rings is 1. The first-order valence-electron chi connectivity index (χ1n) is 7.29. The lowest BCUT2D eigenvalue weighted by atomic mass is 10.2. The summed E-state index contributed by atoms with van der Waals surface area (Å²) in [5.41, 5.74) is 1.65. The Hall–Kier alpha value is -2.96. The molecule has 7 heteroatoms. The molecule has 3 heterocycles. The first-order chi connectivity index (χ1) is 11.1. The minimum Gasteiger partial charge on any atom is -0.347 e. The average molecular weight is 311 g/mol. The van der Waals surface area contributed by atoms with Crippen molar-refractivity contribution in [3.8, 4) is 0 Å². The molecule has 1 fully saturated rings. The molecule has 118 valence electrons. The number of nitrogens with zero attached hydrogens (tertiary/aromatic N) is 4. The largest absolute Gasteiger partial charge is 0.347 e. The smallest absolute Gasteiger partial charge is 0.244 e. The maximum Gasteiger partial charge on any atom is 0.244 e. The summed E-state index contributed by atoms with van der Waals surface area (Å²) in [6.45, 7) is 0.458. The molecule has 1 aliphatic heterocycles. The Morgan fingerprint density at radius 3 is 2.87 bits per heavy atom. The van der Waals surface area contributed by atoms with E-state index in [4.69, 9.17) is 0 Å². The molecular formula is C16H17N5O2. The van der Waals surface area contributed by atoms with Crippen LogP contribution in [-0.2, 0) is 16.6 Å². The van der Waals surface area contributed by atoms with Crippen LogP contribution in [0.4, 0.5) is 5.69 Å². The predicted molar refractivity (Wildman–Crippen MR) is 85.4 cm³/mol. The van der Waals surface area contributed by atoms with Crippen LogP contribution in [0.5, 0.6) is 0 Å². The minimum atomic E-state index is -0.215. The molecule has 23 heavy (non-hydrogen) atoms. The second-order valence-corrected chi connectivity index (χ2v) is 5.40. The molecular weight excluding hydrogens is 294 g/mol. The zero-order valence-electron chi connectivity index (χ0n) is 12.7. The highest BCUT2D eigenvalue weighted by molar-refractivity contribution is 5.98. The van der Waals surface area contributed by atoms with Gasteiger partial charge in [0.05, 0.1) is 17.9 Å². The van der Waals surface area contributed by atoms with Crippen LogP contribution in [0.15, 0.2) is 43.0 Å². The molecule has 7 nitrogen and oxygen atoms in total. The number of aryl methyl sites for hydroxylation is 1. The molecule has 0 aliphatic carbocycles. The summed E-state index contributed by atoms with van der Waals surface area (Å²) in [5.74, 6) is -0.228.